The zero-order chi connectivity index (χ0) is 11.1. The van der Waals surface area contributed by atoms with Gasteiger partial charge < -0.3 is 10.0 Å². The molecule has 0 saturated carbocycles. The number of carbonyl (C=O) groups excluding carboxylic acids is 1. The van der Waals surface area contributed by atoms with Gasteiger partial charge in [-0.15, -0.1) is 0 Å². The Balaban J connectivity index is 2.01. The van der Waals surface area contributed by atoms with Gasteiger partial charge in [-0.05, 0) is 39.3 Å². The molecule has 0 aromatic rings. The maximum absolute atomic E-state index is 11.6. The van der Waals surface area contributed by atoms with Gasteiger partial charge in [-0.25, -0.2) is 0 Å². The third-order valence-corrected chi connectivity index (χ3v) is 2.81. The van der Waals surface area contributed by atoms with E-state index in [1.54, 1.807) is 0 Å². The number of unbranched alkanes of at least 4 members (excludes halogenated alkanes) is 2. The van der Waals surface area contributed by atoms with Gasteiger partial charge in [-0.2, -0.15) is 0 Å². The lowest BCUT2D eigenvalue weighted by molar-refractivity contribution is -0.135. The molecule has 0 unspecified atom stereocenters. The summed E-state index contributed by atoms with van der Waals surface area (Å²) in [5.41, 5.74) is 0. The fourth-order valence-corrected chi connectivity index (χ4v) is 1.65. The fraction of sp³-hybridized carbons (Fsp3) is 0.909. The van der Waals surface area contributed by atoms with Crippen molar-refractivity contribution >= 4 is 5.91 Å². The highest BCUT2D eigenvalue weighted by Crippen LogP contribution is 2.06. The first kappa shape index (κ1) is 12.5. The Morgan fingerprint density at radius 1 is 1.33 bits per heavy atom. The predicted molar refractivity (Wildman–Crippen MR) is 59.6 cm³/mol. The molecule has 1 fully saturated rings. The molecule has 1 amide bonds. The van der Waals surface area contributed by atoms with E-state index in [9.17, 15) is 4.79 Å². The van der Waals surface area contributed by atoms with Crippen molar-refractivity contribution in [1.29, 1.82) is 0 Å². The van der Waals surface area contributed by atoms with Crippen molar-refractivity contribution in [3.8, 4) is 0 Å². The van der Waals surface area contributed by atoms with Gasteiger partial charge in [0.25, 0.3) is 0 Å². The smallest absolute Gasteiger partial charge is 0.236 e. The molecule has 1 heterocycles. The molecule has 1 aliphatic rings. The number of aliphatic hydroxyl groups is 1. The Morgan fingerprint density at radius 3 is 2.60 bits per heavy atom. The van der Waals surface area contributed by atoms with Crippen LogP contribution in [0, 0.1) is 0 Å². The molecule has 1 N–H and O–H groups in total. The van der Waals surface area contributed by atoms with Crippen LogP contribution in [-0.4, -0.2) is 60.6 Å². The average Bonchev–Trinajstić information content (AvgIpc) is 2.09. The maximum atomic E-state index is 11.6. The molecule has 15 heavy (non-hydrogen) atoms. The highest BCUT2D eigenvalue weighted by molar-refractivity contribution is 5.78. The Kier molecular flexibility index (Phi) is 5.65. The van der Waals surface area contributed by atoms with Crippen LogP contribution in [0.1, 0.15) is 25.7 Å². The molecule has 0 aromatic heterocycles. The SMILES string of the molecule is CN(CCCCCO)CC(=O)N1CCC1. The van der Waals surface area contributed by atoms with Crippen molar-refractivity contribution in [2.24, 2.45) is 0 Å². The Bertz CT molecular complexity index is 193. The van der Waals surface area contributed by atoms with E-state index in [-0.39, 0.29) is 12.5 Å². The molecule has 1 rings (SSSR count). The highest BCUT2D eigenvalue weighted by Gasteiger charge is 2.20. The van der Waals surface area contributed by atoms with Crippen LogP contribution in [0.15, 0.2) is 0 Å². The maximum Gasteiger partial charge on any atom is 0.236 e. The van der Waals surface area contributed by atoms with E-state index in [4.69, 9.17) is 5.11 Å². The molecule has 0 radical (unpaired) electrons. The van der Waals surface area contributed by atoms with Crippen LogP contribution in [-0.2, 0) is 4.79 Å². The van der Waals surface area contributed by atoms with Gasteiger partial charge in [0.05, 0.1) is 6.54 Å². The summed E-state index contributed by atoms with van der Waals surface area (Å²) in [6, 6.07) is 0. The van der Waals surface area contributed by atoms with E-state index in [2.05, 4.69) is 4.90 Å². The van der Waals surface area contributed by atoms with Crippen LogP contribution in [0.5, 0.6) is 0 Å². The van der Waals surface area contributed by atoms with Crippen LogP contribution in [0.25, 0.3) is 0 Å². The third kappa shape index (κ3) is 4.62. The number of hydrogen-bond donors (Lipinski definition) is 1. The topological polar surface area (TPSA) is 43.8 Å². The summed E-state index contributed by atoms with van der Waals surface area (Å²) >= 11 is 0. The largest absolute Gasteiger partial charge is 0.396 e. The molecule has 1 saturated heterocycles. The van der Waals surface area contributed by atoms with Gasteiger partial charge in [0, 0.05) is 19.7 Å². The Hall–Kier alpha value is -0.610. The number of rotatable bonds is 7. The van der Waals surface area contributed by atoms with Crippen molar-refractivity contribution in [3.05, 3.63) is 0 Å². The van der Waals surface area contributed by atoms with Crippen LogP contribution >= 0.6 is 0 Å². The molecule has 0 aliphatic carbocycles. The molecule has 0 bridgehead atoms. The standard InChI is InChI=1S/C11H22N2O2/c1-12(6-3-2-4-9-14)10-11(15)13-7-5-8-13/h14H,2-10H2,1H3. The van der Waals surface area contributed by atoms with Crippen LogP contribution in [0.2, 0.25) is 0 Å². The summed E-state index contributed by atoms with van der Waals surface area (Å²) in [5, 5.41) is 8.61. The molecule has 88 valence electrons. The lowest BCUT2D eigenvalue weighted by Gasteiger charge is -2.32. The molecule has 1 aliphatic heterocycles. The van der Waals surface area contributed by atoms with Crippen molar-refractivity contribution in [1.82, 2.24) is 9.80 Å². The Labute approximate surface area is 91.9 Å². The predicted octanol–water partition coefficient (Wildman–Crippen LogP) is 0.313. The molecule has 0 spiro atoms. The summed E-state index contributed by atoms with van der Waals surface area (Å²) in [6.07, 6.45) is 4.13. The highest BCUT2D eigenvalue weighted by atomic mass is 16.2. The number of hydrogen-bond acceptors (Lipinski definition) is 3. The van der Waals surface area contributed by atoms with Gasteiger partial charge in [0.1, 0.15) is 0 Å². The third-order valence-electron chi connectivity index (χ3n) is 2.81. The van der Waals surface area contributed by atoms with Gasteiger partial charge >= 0.3 is 0 Å². The van der Waals surface area contributed by atoms with Gasteiger partial charge in [0.15, 0.2) is 0 Å². The second-order valence-electron chi connectivity index (χ2n) is 4.26. The van der Waals surface area contributed by atoms with E-state index in [1.807, 2.05) is 11.9 Å². The number of carbonyl (C=O) groups is 1. The number of nitrogens with zero attached hydrogens (tertiary/aromatic N) is 2. The molecule has 0 aromatic carbocycles. The first-order chi connectivity index (χ1) is 7.24. The van der Waals surface area contributed by atoms with Crippen LogP contribution < -0.4 is 0 Å². The van der Waals surface area contributed by atoms with Crippen molar-refractivity contribution < 1.29 is 9.90 Å². The number of likely N-dealkylation sites (tertiary alicyclic amines) is 1. The summed E-state index contributed by atoms with van der Waals surface area (Å²) in [7, 11) is 1.98. The zero-order valence-electron chi connectivity index (χ0n) is 9.61. The lowest BCUT2D eigenvalue weighted by atomic mass is 10.2. The van der Waals surface area contributed by atoms with E-state index < -0.39 is 0 Å². The Morgan fingerprint density at radius 2 is 2.07 bits per heavy atom. The summed E-state index contributed by atoms with van der Waals surface area (Å²) in [5.74, 6) is 0.255. The number of aliphatic hydroxyl groups excluding tert-OH is 1. The second-order valence-corrected chi connectivity index (χ2v) is 4.26. The summed E-state index contributed by atoms with van der Waals surface area (Å²) in [4.78, 5) is 15.5. The van der Waals surface area contributed by atoms with Crippen molar-refractivity contribution in [3.63, 3.8) is 0 Å². The van der Waals surface area contributed by atoms with Crippen LogP contribution in [0.3, 0.4) is 0 Å². The van der Waals surface area contributed by atoms with Gasteiger partial charge in [-0.1, -0.05) is 0 Å². The minimum absolute atomic E-state index is 0.255. The number of likely N-dealkylation sites (N-methyl/N-ethyl adjacent to an activating group) is 1. The fourth-order valence-electron chi connectivity index (χ4n) is 1.65. The lowest BCUT2D eigenvalue weighted by Crippen LogP contribution is -2.46. The van der Waals surface area contributed by atoms with Crippen LogP contribution in [0.4, 0.5) is 0 Å². The average molecular weight is 214 g/mol. The van der Waals surface area contributed by atoms with E-state index in [0.717, 1.165) is 45.3 Å². The summed E-state index contributed by atoms with van der Waals surface area (Å²) in [6.45, 7) is 3.64. The normalized spacial score (nSPS) is 15.5. The second kappa shape index (κ2) is 6.80. The zero-order valence-corrected chi connectivity index (χ0v) is 9.61. The van der Waals surface area contributed by atoms with Gasteiger partial charge in [-0.3, -0.25) is 9.69 Å². The monoisotopic (exact) mass is 214 g/mol. The molecular formula is C11H22N2O2. The van der Waals surface area contributed by atoms with E-state index in [1.165, 1.54) is 0 Å². The minimum atomic E-state index is 0.255. The molecule has 4 heteroatoms. The minimum Gasteiger partial charge on any atom is -0.396 e. The first-order valence-electron chi connectivity index (χ1n) is 5.81. The first-order valence-corrected chi connectivity index (χ1v) is 5.81. The van der Waals surface area contributed by atoms with Crippen molar-refractivity contribution in [2.75, 3.05) is 39.8 Å². The van der Waals surface area contributed by atoms with E-state index in [0.29, 0.717) is 6.54 Å². The number of amides is 1. The van der Waals surface area contributed by atoms with Gasteiger partial charge in [0.2, 0.25) is 5.91 Å². The van der Waals surface area contributed by atoms with E-state index >= 15 is 0 Å². The van der Waals surface area contributed by atoms with Crippen molar-refractivity contribution in [2.45, 2.75) is 25.7 Å². The molecular weight excluding hydrogens is 192 g/mol. The quantitative estimate of drug-likeness (QED) is 0.620. The summed E-state index contributed by atoms with van der Waals surface area (Å²) < 4.78 is 0. The molecule has 0 atom stereocenters. The molecule has 4 nitrogen and oxygen atoms in total.